The van der Waals surface area contributed by atoms with E-state index in [-0.39, 0.29) is 30.4 Å². The maximum atomic E-state index is 11.6. The zero-order valence-electron chi connectivity index (χ0n) is 17.9. The summed E-state index contributed by atoms with van der Waals surface area (Å²) in [6.45, 7) is 3.09. The minimum atomic E-state index is -0.538. The number of hydrogen-bond acceptors (Lipinski definition) is 7. The average molecular weight is 426 g/mol. The summed E-state index contributed by atoms with van der Waals surface area (Å²) in [6.07, 6.45) is 7.76. The van der Waals surface area contributed by atoms with Crippen molar-refractivity contribution in [2.45, 2.75) is 50.8 Å². The molecule has 0 aromatic carbocycles. The Morgan fingerprint density at radius 2 is 2.03 bits per heavy atom. The van der Waals surface area contributed by atoms with Gasteiger partial charge in [-0.1, -0.05) is 0 Å². The number of carbonyl (C=O) groups excluding carboxylic acids is 1. The van der Waals surface area contributed by atoms with Crippen LogP contribution in [0.3, 0.4) is 0 Å². The zero-order valence-corrected chi connectivity index (χ0v) is 17.9. The summed E-state index contributed by atoms with van der Waals surface area (Å²) < 4.78 is 0. The molecule has 1 aliphatic carbocycles. The molecular weight excluding hydrogens is 394 g/mol. The van der Waals surface area contributed by atoms with E-state index < -0.39 is 6.10 Å². The number of carbonyl (C=O) groups is 1. The van der Waals surface area contributed by atoms with Gasteiger partial charge in [-0.15, -0.1) is 0 Å². The molecule has 3 heterocycles. The average Bonchev–Trinajstić information content (AvgIpc) is 3.08. The summed E-state index contributed by atoms with van der Waals surface area (Å²) in [4.78, 5) is 26.7. The Kier molecular flexibility index (Phi) is 6.89. The second-order valence-corrected chi connectivity index (χ2v) is 8.68. The van der Waals surface area contributed by atoms with Gasteiger partial charge in [-0.3, -0.25) is 9.78 Å². The van der Waals surface area contributed by atoms with Gasteiger partial charge in [0.05, 0.1) is 6.10 Å². The molecule has 0 radical (unpaired) electrons. The molecule has 2 aromatic heterocycles. The Balaban J connectivity index is 1.46. The SMILES string of the molecule is CC(=O)N1CCC(NC2CC(O)C(CO)C2Cc2ccnc(-c3cccnc3)n2)CC1. The third-order valence-electron chi connectivity index (χ3n) is 6.74. The van der Waals surface area contributed by atoms with Crippen LogP contribution < -0.4 is 5.32 Å². The minimum absolute atomic E-state index is 0.0483. The van der Waals surface area contributed by atoms with Crippen LogP contribution >= 0.6 is 0 Å². The van der Waals surface area contributed by atoms with Crippen LogP contribution in [-0.4, -0.2) is 73.9 Å². The minimum Gasteiger partial charge on any atom is -0.396 e. The molecule has 166 valence electrons. The van der Waals surface area contributed by atoms with Gasteiger partial charge >= 0.3 is 0 Å². The number of aromatic nitrogens is 3. The van der Waals surface area contributed by atoms with E-state index in [1.54, 1.807) is 25.5 Å². The third-order valence-corrected chi connectivity index (χ3v) is 6.74. The molecule has 1 saturated carbocycles. The van der Waals surface area contributed by atoms with Gasteiger partial charge in [0.15, 0.2) is 5.82 Å². The second-order valence-electron chi connectivity index (χ2n) is 8.68. The first-order chi connectivity index (χ1) is 15.0. The van der Waals surface area contributed by atoms with Crippen LogP contribution in [0, 0.1) is 11.8 Å². The standard InChI is InChI=1S/C23H31N5O3/c1-15(30)28-9-5-17(6-10-28)26-21-12-22(31)20(14-29)19(21)11-18-4-8-25-23(27-18)16-3-2-7-24-13-16/h2-4,7-8,13,17,19-22,26,29,31H,5-6,9-12,14H2,1H3. The van der Waals surface area contributed by atoms with Crippen molar-refractivity contribution >= 4 is 5.91 Å². The van der Waals surface area contributed by atoms with Gasteiger partial charge in [-0.25, -0.2) is 9.97 Å². The van der Waals surface area contributed by atoms with Crippen molar-refractivity contribution in [1.29, 1.82) is 0 Å². The first-order valence-corrected chi connectivity index (χ1v) is 11.1. The van der Waals surface area contributed by atoms with E-state index in [1.165, 1.54) is 0 Å². The number of amides is 1. The van der Waals surface area contributed by atoms with Gasteiger partial charge in [0.25, 0.3) is 0 Å². The lowest BCUT2D eigenvalue weighted by atomic mass is 9.88. The number of rotatable bonds is 6. The van der Waals surface area contributed by atoms with E-state index in [0.29, 0.717) is 24.7 Å². The Bertz CT molecular complexity index is 873. The van der Waals surface area contributed by atoms with Crippen molar-refractivity contribution in [3.8, 4) is 11.4 Å². The maximum absolute atomic E-state index is 11.6. The molecule has 4 rings (SSSR count). The topological polar surface area (TPSA) is 111 Å². The van der Waals surface area contributed by atoms with Crippen molar-refractivity contribution in [3.63, 3.8) is 0 Å². The number of piperidine rings is 1. The molecule has 1 saturated heterocycles. The number of aliphatic hydroxyl groups excluding tert-OH is 2. The fourth-order valence-corrected chi connectivity index (χ4v) is 4.98. The molecule has 4 atom stereocenters. The van der Waals surface area contributed by atoms with Crippen LogP contribution in [0.25, 0.3) is 11.4 Å². The largest absolute Gasteiger partial charge is 0.396 e. The van der Waals surface area contributed by atoms with E-state index in [2.05, 4.69) is 15.3 Å². The molecule has 8 heteroatoms. The van der Waals surface area contributed by atoms with Crippen molar-refractivity contribution in [1.82, 2.24) is 25.2 Å². The normalized spacial score (nSPS) is 26.9. The molecule has 1 aliphatic heterocycles. The van der Waals surface area contributed by atoms with Crippen LogP contribution in [-0.2, 0) is 11.2 Å². The lowest BCUT2D eigenvalue weighted by Gasteiger charge is -2.35. The lowest BCUT2D eigenvalue weighted by molar-refractivity contribution is -0.129. The molecule has 8 nitrogen and oxygen atoms in total. The Labute approximate surface area is 182 Å². The van der Waals surface area contributed by atoms with E-state index in [1.807, 2.05) is 23.1 Å². The van der Waals surface area contributed by atoms with Gasteiger partial charge in [-0.05, 0) is 49.8 Å². The highest BCUT2D eigenvalue weighted by Gasteiger charge is 2.43. The number of nitrogens with one attached hydrogen (secondary N) is 1. The van der Waals surface area contributed by atoms with Crippen molar-refractivity contribution < 1.29 is 15.0 Å². The molecule has 4 unspecified atom stereocenters. The predicted octanol–water partition coefficient (Wildman–Crippen LogP) is 1.04. The summed E-state index contributed by atoms with van der Waals surface area (Å²) in [5, 5.41) is 24.3. The van der Waals surface area contributed by atoms with E-state index in [9.17, 15) is 15.0 Å². The summed E-state index contributed by atoms with van der Waals surface area (Å²) >= 11 is 0. The summed E-state index contributed by atoms with van der Waals surface area (Å²) in [5.41, 5.74) is 1.76. The molecule has 2 fully saturated rings. The molecule has 3 N–H and O–H groups in total. The van der Waals surface area contributed by atoms with Gasteiger partial charge in [-0.2, -0.15) is 0 Å². The molecule has 0 spiro atoms. The number of nitrogens with zero attached hydrogens (tertiary/aromatic N) is 4. The number of pyridine rings is 1. The van der Waals surface area contributed by atoms with Gasteiger partial charge in [0.2, 0.25) is 5.91 Å². The third kappa shape index (κ3) is 5.08. The smallest absolute Gasteiger partial charge is 0.219 e. The van der Waals surface area contributed by atoms with Crippen molar-refractivity contribution in [3.05, 3.63) is 42.5 Å². The number of likely N-dealkylation sites (tertiary alicyclic amines) is 1. The highest BCUT2D eigenvalue weighted by atomic mass is 16.3. The van der Waals surface area contributed by atoms with Crippen LogP contribution in [0.4, 0.5) is 0 Å². The van der Waals surface area contributed by atoms with Gasteiger partial charge in [0, 0.05) is 74.5 Å². The van der Waals surface area contributed by atoms with Crippen LogP contribution in [0.15, 0.2) is 36.8 Å². The second kappa shape index (κ2) is 9.80. The molecular formula is C23H31N5O3. The summed E-state index contributed by atoms with van der Waals surface area (Å²) in [7, 11) is 0. The fraction of sp³-hybridized carbons (Fsp3) is 0.565. The zero-order chi connectivity index (χ0) is 21.8. The lowest BCUT2D eigenvalue weighted by Crippen LogP contribution is -2.49. The first-order valence-electron chi connectivity index (χ1n) is 11.1. The maximum Gasteiger partial charge on any atom is 0.219 e. The van der Waals surface area contributed by atoms with Crippen molar-refractivity contribution in [2.24, 2.45) is 11.8 Å². The summed E-state index contributed by atoms with van der Waals surface area (Å²) in [6, 6.07) is 6.10. The number of hydrogen-bond donors (Lipinski definition) is 3. The fourth-order valence-electron chi connectivity index (χ4n) is 4.98. The van der Waals surface area contributed by atoms with Crippen LogP contribution in [0.1, 0.15) is 31.9 Å². The molecule has 0 bridgehead atoms. The molecule has 31 heavy (non-hydrogen) atoms. The van der Waals surface area contributed by atoms with Crippen molar-refractivity contribution in [2.75, 3.05) is 19.7 Å². The Morgan fingerprint density at radius 1 is 1.23 bits per heavy atom. The van der Waals surface area contributed by atoms with Gasteiger partial charge < -0.3 is 20.4 Å². The molecule has 1 amide bonds. The molecule has 2 aliphatic rings. The van der Waals surface area contributed by atoms with Crippen LogP contribution in [0.5, 0.6) is 0 Å². The summed E-state index contributed by atoms with van der Waals surface area (Å²) in [5.74, 6) is 0.640. The van der Waals surface area contributed by atoms with Crippen LogP contribution in [0.2, 0.25) is 0 Å². The predicted molar refractivity (Wildman–Crippen MR) is 116 cm³/mol. The number of aliphatic hydroxyl groups is 2. The van der Waals surface area contributed by atoms with E-state index in [0.717, 1.165) is 37.2 Å². The highest BCUT2D eigenvalue weighted by Crippen LogP contribution is 2.35. The van der Waals surface area contributed by atoms with Gasteiger partial charge in [0.1, 0.15) is 0 Å². The Morgan fingerprint density at radius 3 is 2.71 bits per heavy atom. The van der Waals surface area contributed by atoms with E-state index in [4.69, 9.17) is 4.98 Å². The highest BCUT2D eigenvalue weighted by molar-refractivity contribution is 5.73. The first kappa shape index (κ1) is 21.8. The Hall–Kier alpha value is -2.42. The molecule has 2 aromatic rings. The quantitative estimate of drug-likeness (QED) is 0.634. The van der Waals surface area contributed by atoms with E-state index >= 15 is 0 Å². The monoisotopic (exact) mass is 425 g/mol.